The molecule has 1 rings (SSSR count). The lowest BCUT2D eigenvalue weighted by Gasteiger charge is -2.28. The average molecular weight is 467 g/mol. The first-order valence-corrected chi connectivity index (χ1v) is 14.4. The van der Waals surface area contributed by atoms with E-state index in [1.807, 2.05) is 0 Å². The van der Waals surface area contributed by atoms with Crippen LogP contribution in [0, 0.1) is 17.8 Å². The van der Waals surface area contributed by atoms with E-state index in [0.717, 1.165) is 57.3 Å². The SMILES string of the molecule is CCCCOC(=O)C1CCCCC1C(=O)OCCCCCCCCCCCCCCC(C)C. The van der Waals surface area contributed by atoms with Crippen LogP contribution in [-0.2, 0) is 19.1 Å². The normalized spacial score (nSPS) is 18.4. The Kier molecular flexibility index (Phi) is 18.5. The molecule has 4 nitrogen and oxygen atoms in total. The van der Waals surface area contributed by atoms with Gasteiger partial charge in [0.1, 0.15) is 0 Å². The van der Waals surface area contributed by atoms with Crippen LogP contribution in [0.1, 0.15) is 143 Å². The van der Waals surface area contributed by atoms with Crippen molar-refractivity contribution in [3.8, 4) is 0 Å². The zero-order valence-corrected chi connectivity index (χ0v) is 22.2. The second-order valence-corrected chi connectivity index (χ2v) is 10.6. The highest BCUT2D eigenvalue weighted by Crippen LogP contribution is 2.32. The Balaban J connectivity index is 1.98. The fraction of sp³-hybridized carbons (Fsp3) is 0.931. The molecule has 33 heavy (non-hydrogen) atoms. The highest BCUT2D eigenvalue weighted by molar-refractivity contribution is 5.82. The average Bonchev–Trinajstić information content (AvgIpc) is 2.81. The van der Waals surface area contributed by atoms with Crippen LogP contribution in [0.15, 0.2) is 0 Å². The van der Waals surface area contributed by atoms with Gasteiger partial charge in [-0.1, -0.05) is 117 Å². The lowest BCUT2D eigenvalue weighted by Crippen LogP contribution is -2.35. The van der Waals surface area contributed by atoms with Gasteiger partial charge in [0.05, 0.1) is 25.0 Å². The molecular formula is C29H54O4. The van der Waals surface area contributed by atoms with Gasteiger partial charge in [-0.3, -0.25) is 9.59 Å². The van der Waals surface area contributed by atoms with Gasteiger partial charge in [0.25, 0.3) is 0 Å². The van der Waals surface area contributed by atoms with Crippen molar-refractivity contribution < 1.29 is 19.1 Å². The van der Waals surface area contributed by atoms with Gasteiger partial charge >= 0.3 is 11.9 Å². The molecule has 0 spiro atoms. The predicted octanol–water partition coefficient (Wildman–Crippen LogP) is 8.41. The summed E-state index contributed by atoms with van der Waals surface area (Å²) < 4.78 is 10.9. The molecule has 1 aliphatic rings. The molecule has 0 aromatic carbocycles. The van der Waals surface area contributed by atoms with E-state index in [-0.39, 0.29) is 23.8 Å². The lowest BCUT2D eigenvalue weighted by molar-refractivity contribution is -0.163. The fourth-order valence-electron chi connectivity index (χ4n) is 4.82. The van der Waals surface area contributed by atoms with E-state index in [9.17, 15) is 9.59 Å². The van der Waals surface area contributed by atoms with E-state index < -0.39 is 0 Å². The molecule has 194 valence electrons. The minimum atomic E-state index is -0.303. The first-order valence-electron chi connectivity index (χ1n) is 14.4. The Morgan fingerprint density at radius 2 is 1.03 bits per heavy atom. The first kappa shape index (κ1) is 30.0. The summed E-state index contributed by atoms with van der Waals surface area (Å²) in [4.78, 5) is 24.9. The van der Waals surface area contributed by atoms with E-state index in [4.69, 9.17) is 9.47 Å². The Bertz CT molecular complexity index is 488. The van der Waals surface area contributed by atoms with Gasteiger partial charge in [-0.2, -0.15) is 0 Å². The number of carbonyl (C=O) groups excluding carboxylic acids is 2. The molecule has 0 saturated heterocycles. The summed E-state index contributed by atoms with van der Waals surface area (Å²) in [6.07, 6.45) is 22.4. The number of carbonyl (C=O) groups is 2. The molecule has 0 N–H and O–H groups in total. The fourth-order valence-corrected chi connectivity index (χ4v) is 4.82. The predicted molar refractivity (Wildman–Crippen MR) is 137 cm³/mol. The smallest absolute Gasteiger partial charge is 0.309 e. The van der Waals surface area contributed by atoms with Gasteiger partial charge < -0.3 is 9.47 Å². The van der Waals surface area contributed by atoms with E-state index >= 15 is 0 Å². The molecular weight excluding hydrogens is 412 g/mol. The molecule has 2 atom stereocenters. The van der Waals surface area contributed by atoms with E-state index in [0.29, 0.717) is 13.2 Å². The number of rotatable bonds is 20. The Morgan fingerprint density at radius 3 is 1.45 bits per heavy atom. The molecule has 1 saturated carbocycles. The Hall–Kier alpha value is -1.06. The standard InChI is InChI=1S/C29H54O4/c1-4-5-23-32-28(30)26-21-17-18-22-27(26)29(31)33-24-19-15-13-11-9-7-6-8-10-12-14-16-20-25(2)3/h25-27H,4-24H2,1-3H3. The second kappa shape index (κ2) is 20.3. The van der Waals surface area contributed by atoms with Crippen LogP contribution < -0.4 is 0 Å². The molecule has 0 bridgehead atoms. The molecule has 0 aromatic heterocycles. The van der Waals surface area contributed by atoms with Gasteiger partial charge in [0.2, 0.25) is 0 Å². The maximum Gasteiger partial charge on any atom is 0.309 e. The quantitative estimate of drug-likeness (QED) is 0.133. The number of ether oxygens (including phenoxy) is 2. The van der Waals surface area contributed by atoms with Crippen LogP contribution >= 0.6 is 0 Å². The Morgan fingerprint density at radius 1 is 0.636 bits per heavy atom. The van der Waals surface area contributed by atoms with Gasteiger partial charge in [-0.15, -0.1) is 0 Å². The van der Waals surface area contributed by atoms with Crippen LogP contribution in [0.2, 0.25) is 0 Å². The maximum absolute atomic E-state index is 12.6. The molecule has 1 aliphatic carbocycles. The molecule has 0 heterocycles. The highest BCUT2D eigenvalue weighted by Gasteiger charge is 2.37. The first-order chi connectivity index (χ1) is 16.1. The van der Waals surface area contributed by atoms with Gasteiger partial charge in [-0.25, -0.2) is 0 Å². The molecule has 2 unspecified atom stereocenters. The molecule has 0 radical (unpaired) electrons. The Labute approximate surface area is 205 Å². The molecule has 4 heteroatoms. The molecule has 1 fully saturated rings. The zero-order valence-electron chi connectivity index (χ0n) is 22.2. The monoisotopic (exact) mass is 466 g/mol. The lowest BCUT2D eigenvalue weighted by atomic mass is 9.79. The third kappa shape index (κ3) is 15.5. The third-order valence-electron chi connectivity index (χ3n) is 7.03. The number of unbranched alkanes of at least 4 members (excludes halogenated alkanes) is 12. The summed E-state index contributed by atoms with van der Waals surface area (Å²) in [7, 11) is 0. The van der Waals surface area contributed by atoms with Crippen LogP contribution in [0.4, 0.5) is 0 Å². The van der Waals surface area contributed by atoms with Crippen molar-refractivity contribution in [3.05, 3.63) is 0 Å². The summed E-state index contributed by atoms with van der Waals surface area (Å²) in [6.45, 7) is 7.66. The van der Waals surface area contributed by atoms with Crippen molar-refractivity contribution in [2.24, 2.45) is 17.8 Å². The van der Waals surface area contributed by atoms with E-state index in [1.165, 1.54) is 70.6 Å². The summed E-state index contributed by atoms with van der Waals surface area (Å²) in [5.74, 6) is -0.133. The van der Waals surface area contributed by atoms with Crippen LogP contribution in [0.5, 0.6) is 0 Å². The molecule has 0 amide bonds. The van der Waals surface area contributed by atoms with Gasteiger partial charge in [0.15, 0.2) is 0 Å². The zero-order chi connectivity index (χ0) is 24.2. The van der Waals surface area contributed by atoms with Crippen molar-refractivity contribution in [3.63, 3.8) is 0 Å². The summed E-state index contributed by atoms with van der Waals surface area (Å²) in [5, 5.41) is 0. The topological polar surface area (TPSA) is 52.6 Å². The largest absolute Gasteiger partial charge is 0.465 e. The number of esters is 2. The maximum atomic E-state index is 12.6. The second-order valence-electron chi connectivity index (χ2n) is 10.6. The van der Waals surface area contributed by atoms with Crippen molar-refractivity contribution in [1.82, 2.24) is 0 Å². The van der Waals surface area contributed by atoms with Crippen LogP contribution in [0.3, 0.4) is 0 Å². The highest BCUT2D eigenvalue weighted by atomic mass is 16.5. The van der Waals surface area contributed by atoms with Gasteiger partial charge in [0, 0.05) is 0 Å². The van der Waals surface area contributed by atoms with Gasteiger partial charge in [-0.05, 0) is 31.6 Å². The van der Waals surface area contributed by atoms with Crippen molar-refractivity contribution in [2.45, 2.75) is 143 Å². The number of hydrogen-bond acceptors (Lipinski definition) is 4. The van der Waals surface area contributed by atoms with Crippen molar-refractivity contribution >= 4 is 11.9 Å². The van der Waals surface area contributed by atoms with Crippen LogP contribution in [0.25, 0.3) is 0 Å². The summed E-state index contributed by atoms with van der Waals surface area (Å²) in [6, 6.07) is 0. The summed E-state index contributed by atoms with van der Waals surface area (Å²) >= 11 is 0. The van der Waals surface area contributed by atoms with E-state index in [2.05, 4.69) is 20.8 Å². The minimum Gasteiger partial charge on any atom is -0.465 e. The minimum absolute atomic E-state index is 0.184. The molecule has 0 aromatic rings. The third-order valence-corrected chi connectivity index (χ3v) is 7.03. The van der Waals surface area contributed by atoms with Crippen LogP contribution in [-0.4, -0.2) is 25.2 Å². The number of hydrogen-bond donors (Lipinski definition) is 0. The van der Waals surface area contributed by atoms with E-state index in [1.54, 1.807) is 0 Å². The van der Waals surface area contributed by atoms with Crippen molar-refractivity contribution in [2.75, 3.05) is 13.2 Å². The van der Waals surface area contributed by atoms with Crippen molar-refractivity contribution in [1.29, 1.82) is 0 Å². The summed E-state index contributed by atoms with van der Waals surface area (Å²) in [5.41, 5.74) is 0. The molecule has 0 aliphatic heterocycles.